The van der Waals surface area contributed by atoms with Gasteiger partial charge in [0.05, 0.1) is 0 Å². The Balaban J connectivity index is 2.14. The van der Waals surface area contributed by atoms with Crippen LogP contribution in [0.4, 0.5) is 11.9 Å². The maximum absolute atomic E-state index is 6.05. The lowest BCUT2D eigenvalue weighted by atomic mass is 9.88. The Morgan fingerprint density at radius 2 is 1.95 bits per heavy atom. The highest BCUT2D eigenvalue weighted by molar-refractivity contribution is 5.36. The predicted molar refractivity (Wildman–Crippen MR) is 85.0 cm³/mol. The molecule has 6 heteroatoms. The predicted octanol–water partition coefficient (Wildman–Crippen LogP) is 2.72. The summed E-state index contributed by atoms with van der Waals surface area (Å²) in [4.78, 5) is 15.1. The van der Waals surface area contributed by atoms with Crippen LogP contribution in [0.5, 0.6) is 6.01 Å². The van der Waals surface area contributed by atoms with Gasteiger partial charge in [-0.25, -0.2) is 0 Å². The van der Waals surface area contributed by atoms with Crippen LogP contribution >= 0.6 is 0 Å². The lowest BCUT2D eigenvalue weighted by molar-refractivity contribution is 0.0923. The highest BCUT2D eigenvalue weighted by Crippen LogP contribution is 2.27. The molecule has 1 aromatic rings. The summed E-state index contributed by atoms with van der Waals surface area (Å²) in [7, 11) is 3.85. The number of aromatic nitrogens is 3. The van der Waals surface area contributed by atoms with Gasteiger partial charge in [-0.05, 0) is 31.6 Å². The van der Waals surface area contributed by atoms with Crippen molar-refractivity contribution in [3.63, 3.8) is 0 Å². The van der Waals surface area contributed by atoms with Gasteiger partial charge in [0.15, 0.2) is 0 Å². The van der Waals surface area contributed by atoms with Gasteiger partial charge in [0.1, 0.15) is 6.10 Å². The minimum Gasteiger partial charge on any atom is -0.460 e. The monoisotopic (exact) mass is 293 g/mol. The van der Waals surface area contributed by atoms with Crippen LogP contribution < -0.4 is 15.0 Å². The van der Waals surface area contributed by atoms with Crippen molar-refractivity contribution in [3.8, 4) is 6.01 Å². The summed E-state index contributed by atoms with van der Waals surface area (Å²) in [5.41, 5.74) is 0. The largest absolute Gasteiger partial charge is 0.460 e. The normalized spacial score (nSPS) is 21.9. The van der Waals surface area contributed by atoms with E-state index in [1.54, 1.807) is 0 Å². The SMILES string of the molecule is CCCNc1nc(OC2CCCCC2C)nc(N(C)C)n1. The average Bonchev–Trinajstić information content (AvgIpc) is 2.47. The number of anilines is 2. The van der Waals surface area contributed by atoms with Gasteiger partial charge < -0.3 is 15.0 Å². The Morgan fingerprint density at radius 3 is 2.62 bits per heavy atom. The summed E-state index contributed by atoms with van der Waals surface area (Å²) in [5, 5.41) is 3.21. The van der Waals surface area contributed by atoms with E-state index in [0.29, 0.717) is 23.8 Å². The number of rotatable bonds is 6. The molecular weight excluding hydrogens is 266 g/mol. The summed E-state index contributed by atoms with van der Waals surface area (Å²) >= 11 is 0. The van der Waals surface area contributed by atoms with E-state index >= 15 is 0 Å². The van der Waals surface area contributed by atoms with Crippen molar-refractivity contribution < 1.29 is 4.74 Å². The van der Waals surface area contributed by atoms with Gasteiger partial charge in [-0.3, -0.25) is 0 Å². The maximum atomic E-state index is 6.05. The standard InChI is InChI=1S/C15H27N5O/c1-5-10-16-13-17-14(20(3)4)19-15(18-13)21-12-9-7-6-8-11(12)2/h11-12H,5-10H2,1-4H3,(H,16,17,18,19). The third-order valence-electron chi connectivity index (χ3n) is 3.83. The minimum absolute atomic E-state index is 0.218. The fourth-order valence-electron chi connectivity index (χ4n) is 2.51. The molecule has 0 radical (unpaired) electrons. The molecular formula is C15H27N5O. The Bertz CT molecular complexity index is 452. The van der Waals surface area contributed by atoms with Crippen LogP contribution in [0, 0.1) is 5.92 Å². The van der Waals surface area contributed by atoms with Crippen molar-refractivity contribution >= 4 is 11.9 Å². The molecule has 1 heterocycles. The molecule has 1 fully saturated rings. The second-order valence-corrected chi connectivity index (χ2v) is 5.98. The topological polar surface area (TPSA) is 63.2 Å². The Morgan fingerprint density at radius 1 is 1.19 bits per heavy atom. The van der Waals surface area contributed by atoms with Crippen LogP contribution in [0.3, 0.4) is 0 Å². The molecule has 118 valence electrons. The van der Waals surface area contributed by atoms with Crippen LogP contribution in [0.2, 0.25) is 0 Å². The molecule has 21 heavy (non-hydrogen) atoms. The van der Waals surface area contributed by atoms with Crippen molar-refractivity contribution in [1.29, 1.82) is 0 Å². The van der Waals surface area contributed by atoms with Crippen LogP contribution in [0.25, 0.3) is 0 Å². The van der Waals surface area contributed by atoms with Crippen molar-refractivity contribution in [2.24, 2.45) is 5.92 Å². The molecule has 0 amide bonds. The van der Waals surface area contributed by atoms with Gasteiger partial charge in [-0.2, -0.15) is 15.0 Å². The Hall–Kier alpha value is -1.59. The molecule has 1 aliphatic rings. The van der Waals surface area contributed by atoms with E-state index in [9.17, 15) is 0 Å². The first-order valence-corrected chi connectivity index (χ1v) is 7.94. The molecule has 2 atom stereocenters. The molecule has 2 unspecified atom stereocenters. The Kier molecular flexibility index (Phi) is 5.59. The van der Waals surface area contributed by atoms with Crippen molar-refractivity contribution in [2.45, 2.75) is 52.1 Å². The van der Waals surface area contributed by atoms with Crippen molar-refractivity contribution in [2.75, 3.05) is 30.9 Å². The number of hydrogen-bond donors (Lipinski definition) is 1. The van der Waals surface area contributed by atoms with Crippen molar-refractivity contribution in [3.05, 3.63) is 0 Å². The molecule has 0 aromatic carbocycles. The summed E-state index contributed by atoms with van der Waals surface area (Å²) in [6.45, 7) is 5.20. The van der Waals surface area contributed by atoms with E-state index in [1.165, 1.54) is 19.3 Å². The number of ether oxygens (including phenoxy) is 1. The molecule has 0 spiro atoms. The molecule has 0 aliphatic heterocycles. The van der Waals surface area contributed by atoms with Gasteiger partial charge in [0.25, 0.3) is 0 Å². The van der Waals surface area contributed by atoms with E-state index < -0.39 is 0 Å². The molecule has 0 bridgehead atoms. The van der Waals surface area contributed by atoms with E-state index in [1.807, 2.05) is 19.0 Å². The first kappa shape index (κ1) is 15.8. The van der Waals surface area contributed by atoms with E-state index in [2.05, 4.69) is 34.1 Å². The second kappa shape index (κ2) is 7.43. The zero-order valence-electron chi connectivity index (χ0n) is 13.6. The van der Waals surface area contributed by atoms with E-state index in [4.69, 9.17) is 4.74 Å². The summed E-state index contributed by atoms with van der Waals surface area (Å²) in [6.07, 6.45) is 6.07. The molecule has 1 saturated carbocycles. The maximum Gasteiger partial charge on any atom is 0.323 e. The van der Waals surface area contributed by atoms with Crippen LogP contribution in [0.1, 0.15) is 46.0 Å². The summed E-state index contributed by atoms with van der Waals surface area (Å²) in [6, 6.07) is 0.436. The fraction of sp³-hybridized carbons (Fsp3) is 0.800. The van der Waals surface area contributed by atoms with Gasteiger partial charge in [0.2, 0.25) is 11.9 Å². The third-order valence-corrected chi connectivity index (χ3v) is 3.83. The van der Waals surface area contributed by atoms with Crippen molar-refractivity contribution in [1.82, 2.24) is 15.0 Å². The van der Waals surface area contributed by atoms with Crippen LogP contribution in [-0.4, -0.2) is 41.7 Å². The van der Waals surface area contributed by atoms with Crippen LogP contribution in [0.15, 0.2) is 0 Å². The first-order chi connectivity index (χ1) is 10.1. The van der Waals surface area contributed by atoms with Gasteiger partial charge >= 0.3 is 6.01 Å². The lowest BCUT2D eigenvalue weighted by Gasteiger charge is -2.28. The smallest absolute Gasteiger partial charge is 0.323 e. The van der Waals surface area contributed by atoms with E-state index in [-0.39, 0.29) is 6.10 Å². The van der Waals surface area contributed by atoms with Crippen LogP contribution in [-0.2, 0) is 0 Å². The zero-order chi connectivity index (χ0) is 15.2. The molecule has 0 saturated heterocycles. The zero-order valence-corrected chi connectivity index (χ0v) is 13.6. The Labute approximate surface area is 127 Å². The highest BCUT2D eigenvalue weighted by atomic mass is 16.5. The summed E-state index contributed by atoms with van der Waals surface area (Å²) in [5.74, 6) is 1.78. The fourth-order valence-corrected chi connectivity index (χ4v) is 2.51. The van der Waals surface area contributed by atoms with E-state index in [0.717, 1.165) is 19.4 Å². The molecule has 2 rings (SSSR count). The summed E-state index contributed by atoms with van der Waals surface area (Å²) < 4.78 is 6.05. The average molecular weight is 293 g/mol. The minimum atomic E-state index is 0.218. The third kappa shape index (κ3) is 4.44. The molecule has 1 aliphatic carbocycles. The second-order valence-electron chi connectivity index (χ2n) is 5.98. The van der Waals surface area contributed by atoms with Gasteiger partial charge in [-0.1, -0.05) is 20.3 Å². The molecule has 6 nitrogen and oxygen atoms in total. The first-order valence-electron chi connectivity index (χ1n) is 7.94. The number of hydrogen-bond acceptors (Lipinski definition) is 6. The highest BCUT2D eigenvalue weighted by Gasteiger charge is 2.24. The quantitative estimate of drug-likeness (QED) is 0.870. The van der Waals surface area contributed by atoms with Gasteiger partial charge in [0, 0.05) is 20.6 Å². The lowest BCUT2D eigenvalue weighted by Crippen LogP contribution is -2.29. The molecule has 1 aromatic heterocycles. The van der Waals surface area contributed by atoms with Gasteiger partial charge in [-0.15, -0.1) is 0 Å². The molecule has 1 N–H and O–H groups in total. The number of nitrogens with one attached hydrogen (secondary N) is 1. The number of nitrogens with zero attached hydrogens (tertiary/aromatic N) is 4.